The van der Waals surface area contributed by atoms with Crippen LogP contribution in [0.3, 0.4) is 0 Å². The summed E-state index contributed by atoms with van der Waals surface area (Å²) in [5.41, 5.74) is 3.80. The lowest BCUT2D eigenvalue weighted by atomic mass is 10.1. The predicted molar refractivity (Wildman–Crippen MR) is 155 cm³/mol. The summed E-state index contributed by atoms with van der Waals surface area (Å²) < 4.78 is 18.9. The van der Waals surface area contributed by atoms with Gasteiger partial charge < -0.3 is 24.4 Å². The van der Waals surface area contributed by atoms with Gasteiger partial charge in [0, 0.05) is 38.1 Å². The first-order valence-corrected chi connectivity index (χ1v) is 14.3. The Bertz CT molecular complexity index is 1580. The quantitative estimate of drug-likeness (QED) is 0.266. The summed E-state index contributed by atoms with van der Waals surface area (Å²) in [6.07, 6.45) is 1.82. The summed E-state index contributed by atoms with van der Waals surface area (Å²) in [6.45, 7) is 5.75. The largest absolute Gasteiger partial charge is 0.492 e. The zero-order valence-electron chi connectivity index (χ0n) is 21.9. The Morgan fingerprint density at radius 2 is 1.82 bits per heavy atom. The maximum absolute atomic E-state index is 5.87. The number of hydrogen-bond donors (Lipinski definition) is 1. The average molecular weight is 556 g/mol. The number of rotatable bonds is 9. The molecule has 204 valence electrons. The molecule has 0 unspecified atom stereocenters. The molecule has 0 bridgehead atoms. The first-order valence-electron chi connectivity index (χ1n) is 13.4. The molecule has 2 aliphatic heterocycles. The maximum atomic E-state index is 5.87. The lowest BCUT2D eigenvalue weighted by molar-refractivity contribution is 0.174. The molecule has 1 saturated heterocycles. The van der Waals surface area contributed by atoms with Gasteiger partial charge in [-0.1, -0.05) is 24.3 Å². The number of benzene rings is 2. The van der Waals surface area contributed by atoms with Crippen molar-refractivity contribution in [3.05, 3.63) is 77.2 Å². The van der Waals surface area contributed by atoms with Gasteiger partial charge in [-0.05, 0) is 41.3 Å². The van der Waals surface area contributed by atoms with Gasteiger partial charge in [-0.25, -0.2) is 4.98 Å². The normalized spacial score (nSPS) is 15.1. The molecule has 5 heterocycles. The van der Waals surface area contributed by atoms with Crippen LogP contribution in [0.25, 0.3) is 16.9 Å². The van der Waals surface area contributed by atoms with E-state index in [0.29, 0.717) is 31.7 Å². The summed E-state index contributed by atoms with van der Waals surface area (Å²) in [5, 5.41) is 7.60. The van der Waals surface area contributed by atoms with Gasteiger partial charge in [-0.15, -0.1) is 0 Å². The number of hydrogen-bond acceptors (Lipinski definition) is 10. The molecule has 0 radical (unpaired) electrons. The molecule has 2 aliphatic rings. The minimum Gasteiger partial charge on any atom is -0.492 e. The summed E-state index contributed by atoms with van der Waals surface area (Å²) in [5.74, 6) is 3.92. The van der Waals surface area contributed by atoms with E-state index in [-0.39, 0.29) is 0 Å². The topological polar surface area (TPSA) is 89.8 Å². The van der Waals surface area contributed by atoms with E-state index in [2.05, 4.69) is 49.1 Å². The van der Waals surface area contributed by atoms with Crippen LogP contribution < -0.4 is 24.4 Å². The van der Waals surface area contributed by atoms with Gasteiger partial charge in [-0.3, -0.25) is 9.47 Å². The Morgan fingerprint density at radius 3 is 2.67 bits per heavy atom. The monoisotopic (exact) mass is 555 g/mol. The van der Waals surface area contributed by atoms with Crippen molar-refractivity contribution in [2.24, 2.45) is 0 Å². The Labute approximate surface area is 235 Å². The van der Waals surface area contributed by atoms with Crippen molar-refractivity contribution in [2.75, 3.05) is 56.3 Å². The smallest absolute Gasteiger partial charge is 0.231 e. The third-order valence-electron chi connectivity index (χ3n) is 7.07. The third kappa shape index (κ3) is 5.13. The highest BCUT2D eigenvalue weighted by molar-refractivity contribution is 7.08. The lowest BCUT2D eigenvalue weighted by Gasteiger charge is -2.34. The molecule has 10 nitrogen and oxygen atoms in total. The molecule has 11 heteroatoms. The van der Waals surface area contributed by atoms with Crippen LogP contribution in [0.4, 0.5) is 11.8 Å². The number of anilines is 2. The van der Waals surface area contributed by atoms with Crippen molar-refractivity contribution in [1.82, 2.24) is 24.4 Å². The second-order valence-electron chi connectivity index (χ2n) is 9.68. The Kier molecular flexibility index (Phi) is 6.80. The number of fused-ring (bicyclic) bond motifs is 2. The molecule has 5 aromatic rings. The van der Waals surface area contributed by atoms with Crippen molar-refractivity contribution in [1.29, 1.82) is 0 Å². The van der Waals surface area contributed by atoms with Gasteiger partial charge in [0.1, 0.15) is 18.7 Å². The fourth-order valence-electron chi connectivity index (χ4n) is 5.00. The average Bonchev–Trinajstić information content (AvgIpc) is 3.77. The van der Waals surface area contributed by atoms with Crippen molar-refractivity contribution in [3.63, 3.8) is 0 Å². The maximum Gasteiger partial charge on any atom is 0.231 e. The van der Waals surface area contributed by atoms with Crippen molar-refractivity contribution < 1.29 is 14.2 Å². The number of para-hydroxylation sites is 1. The highest BCUT2D eigenvalue weighted by atomic mass is 32.1. The van der Waals surface area contributed by atoms with E-state index in [1.807, 2.05) is 47.3 Å². The number of ether oxygens (including phenoxy) is 3. The molecule has 1 N–H and O–H groups in total. The molecule has 2 aromatic carbocycles. The highest BCUT2D eigenvalue weighted by Gasteiger charge is 2.23. The van der Waals surface area contributed by atoms with Gasteiger partial charge in [0.25, 0.3) is 0 Å². The van der Waals surface area contributed by atoms with Crippen LogP contribution in [0, 0.1) is 0 Å². The van der Waals surface area contributed by atoms with Crippen molar-refractivity contribution in [2.45, 2.75) is 6.54 Å². The number of piperazine rings is 1. The third-order valence-corrected chi connectivity index (χ3v) is 7.74. The zero-order valence-corrected chi connectivity index (χ0v) is 22.7. The molecule has 0 aliphatic carbocycles. The summed E-state index contributed by atoms with van der Waals surface area (Å²) >= 11 is 1.65. The predicted octanol–water partition coefficient (Wildman–Crippen LogP) is 4.42. The summed E-state index contributed by atoms with van der Waals surface area (Å²) in [7, 11) is 0. The number of nitrogens with one attached hydrogen (secondary N) is 1. The molecule has 0 spiro atoms. The van der Waals surface area contributed by atoms with E-state index < -0.39 is 0 Å². The second kappa shape index (κ2) is 11.0. The summed E-state index contributed by atoms with van der Waals surface area (Å²) in [4.78, 5) is 19.3. The molecule has 1 fully saturated rings. The minimum absolute atomic E-state index is 0.296. The molecule has 7 rings (SSSR count). The molecule has 0 saturated carbocycles. The van der Waals surface area contributed by atoms with Crippen molar-refractivity contribution >= 4 is 34.3 Å². The zero-order chi connectivity index (χ0) is 26.7. The second-order valence-corrected chi connectivity index (χ2v) is 10.5. The van der Waals surface area contributed by atoms with Crippen LogP contribution in [-0.2, 0) is 6.54 Å². The van der Waals surface area contributed by atoms with Gasteiger partial charge in [0.05, 0.1) is 12.2 Å². The van der Waals surface area contributed by atoms with Crippen LogP contribution in [0.15, 0.2) is 71.7 Å². The van der Waals surface area contributed by atoms with Crippen LogP contribution >= 0.6 is 11.3 Å². The number of thiophene rings is 1. The fourth-order valence-corrected chi connectivity index (χ4v) is 5.62. The molecule has 0 amide bonds. The number of nitrogens with zero attached hydrogens (tertiary/aromatic N) is 6. The van der Waals surface area contributed by atoms with Crippen LogP contribution in [0.5, 0.6) is 17.2 Å². The molecule has 0 atom stereocenters. The van der Waals surface area contributed by atoms with E-state index in [1.54, 1.807) is 11.3 Å². The van der Waals surface area contributed by atoms with Gasteiger partial charge in [0.2, 0.25) is 12.7 Å². The first kappa shape index (κ1) is 24.7. The Balaban J connectivity index is 1.07. The first-order chi connectivity index (χ1) is 19.8. The Hall–Kier alpha value is -4.35. The number of imidazole rings is 1. The van der Waals surface area contributed by atoms with E-state index in [0.717, 1.165) is 66.8 Å². The van der Waals surface area contributed by atoms with E-state index >= 15 is 0 Å². The summed E-state index contributed by atoms with van der Waals surface area (Å²) in [6, 6.07) is 18.1. The lowest BCUT2D eigenvalue weighted by Crippen LogP contribution is -2.46. The van der Waals surface area contributed by atoms with Crippen LogP contribution in [-0.4, -0.2) is 70.5 Å². The molecular weight excluding hydrogens is 526 g/mol. The Morgan fingerprint density at radius 1 is 0.950 bits per heavy atom. The van der Waals surface area contributed by atoms with Gasteiger partial charge in [-0.2, -0.15) is 21.3 Å². The standard InChI is InChI=1S/C29H29N7O3S/c1-2-4-23(5-3-1)37-14-9-30-27-26-28(36(19-31-26)22-8-15-40-18-22)33-29(32-27)35-12-10-34(11-13-35)17-21-6-7-24-25(16-21)39-20-38-24/h1-8,15-16,18-19H,9-14,17,20H2,(H,30,32,33). The molecule has 40 heavy (non-hydrogen) atoms. The van der Waals surface area contributed by atoms with Crippen LogP contribution in [0.1, 0.15) is 5.56 Å². The fraction of sp³-hybridized carbons (Fsp3) is 0.276. The molecular formula is C29H29N7O3S. The van der Waals surface area contributed by atoms with Gasteiger partial charge >= 0.3 is 0 Å². The number of aromatic nitrogens is 4. The highest BCUT2D eigenvalue weighted by Crippen LogP contribution is 2.33. The van der Waals surface area contributed by atoms with Gasteiger partial charge in [0.15, 0.2) is 28.5 Å². The van der Waals surface area contributed by atoms with E-state index in [9.17, 15) is 0 Å². The minimum atomic E-state index is 0.296. The van der Waals surface area contributed by atoms with Crippen LogP contribution in [0.2, 0.25) is 0 Å². The van der Waals surface area contributed by atoms with E-state index in [4.69, 9.17) is 24.2 Å². The SMILES string of the molecule is c1ccc(OCCNc2nc(N3CCN(Cc4ccc5c(c4)OCO5)CC3)nc3c2ncn3-c2ccsc2)cc1. The van der Waals surface area contributed by atoms with E-state index in [1.165, 1.54) is 5.56 Å². The molecule has 3 aromatic heterocycles. The van der Waals surface area contributed by atoms with Crippen molar-refractivity contribution in [3.8, 4) is 22.9 Å².